The number of carbonyl (C=O) groups excluding carboxylic acids is 1. The molecule has 0 radical (unpaired) electrons. The van der Waals surface area contributed by atoms with Gasteiger partial charge >= 0.3 is 0 Å². The van der Waals surface area contributed by atoms with Gasteiger partial charge in [-0.25, -0.2) is 4.98 Å². The lowest BCUT2D eigenvalue weighted by atomic mass is 9.98. The summed E-state index contributed by atoms with van der Waals surface area (Å²) in [5.74, 6) is -0.271. The van der Waals surface area contributed by atoms with Crippen molar-refractivity contribution in [2.75, 3.05) is 4.90 Å². The van der Waals surface area contributed by atoms with Crippen LogP contribution in [0.25, 0.3) is 11.0 Å². The zero-order valence-corrected chi connectivity index (χ0v) is 16.3. The average molecular weight is 413 g/mol. The number of anilines is 1. The van der Waals surface area contributed by atoms with Crippen LogP contribution >= 0.6 is 0 Å². The second-order valence-corrected chi connectivity index (χ2v) is 7.29. The first-order valence-corrected chi connectivity index (χ1v) is 9.52. The van der Waals surface area contributed by atoms with E-state index < -0.39 is 16.9 Å². The van der Waals surface area contributed by atoms with Crippen LogP contribution in [0.1, 0.15) is 33.3 Å². The molecule has 2 aromatic heterocycles. The van der Waals surface area contributed by atoms with E-state index in [1.54, 1.807) is 48.7 Å². The highest BCUT2D eigenvalue weighted by Gasteiger charge is 2.44. The maximum absolute atomic E-state index is 13.4. The number of hydrogen-bond acceptors (Lipinski definition) is 6. The molecule has 31 heavy (non-hydrogen) atoms. The number of para-hydroxylation sites is 1. The van der Waals surface area contributed by atoms with Gasteiger partial charge in [-0.15, -0.1) is 0 Å². The first kappa shape index (κ1) is 18.7. The molecule has 0 saturated heterocycles. The molecule has 3 heterocycles. The van der Waals surface area contributed by atoms with E-state index in [2.05, 4.69) is 4.98 Å². The second-order valence-electron chi connectivity index (χ2n) is 7.29. The number of aromatic nitrogens is 1. The fraction of sp³-hybridized carbons (Fsp3) is 0.0870. The molecule has 0 unspecified atom stereocenters. The number of pyridine rings is 1. The van der Waals surface area contributed by atoms with Gasteiger partial charge in [0.1, 0.15) is 11.4 Å². The summed E-state index contributed by atoms with van der Waals surface area (Å²) in [7, 11) is 0. The molecule has 0 bridgehead atoms. The van der Waals surface area contributed by atoms with Gasteiger partial charge in [0.05, 0.1) is 21.9 Å². The molecular weight excluding hydrogens is 398 g/mol. The van der Waals surface area contributed by atoms with Gasteiger partial charge in [0.2, 0.25) is 5.76 Å². The van der Waals surface area contributed by atoms with Crippen LogP contribution in [-0.2, 0) is 0 Å². The van der Waals surface area contributed by atoms with Crippen LogP contribution < -0.4 is 10.3 Å². The Kier molecular flexibility index (Phi) is 4.14. The number of nitro benzene ring substituents is 1. The van der Waals surface area contributed by atoms with E-state index in [1.807, 2.05) is 6.92 Å². The van der Waals surface area contributed by atoms with Crippen molar-refractivity contribution in [1.82, 2.24) is 4.98 Å². The summed E-state index contributed by atoms with van der Waals surface area (Å²) in [4.78, 5) is 43.4. The third-order valence-corrected chi connectivity index (χ3v) is 5.32. The van der Waals surface area contributed by atoms with Crippen LogP contribution in [0.3, 0.4) is 0 Å². The summed E-state index contributed by atoms with van der Waals surface area (Å²) < 4.78 is 5.86. The van der Waals surface area contributed by atoms with E-state index in [4.69, 9.17) is 4.42 Å². The number of hydrogen-bond donors (Lipinski definition) is 0. The molecule has 0 aliphatic carbocycles. The van der Waals surface area contributed by atoms with Crippen LogP contribution in [0, 0.1) is 17.0 Å². The monoisotopic (exact) mass is 413 g/mol. The van der Waals surface area contributed by atoms with E-state index in [1.165, 1.54) is 23.1 Å². The molecule has 4 aromatic rings. The van der Waals surface area contributed by atoms with Crippen molar-refractivity contribution in [3.8, 4) is 0 Å². The SMILES string of the molecule is Cc1ccnc(N2C(=O)c3oc4ccccc4c(=O)c3[C@@H]2c2cccc([N+](=O)[O-])c2)c1. The summed E-state index contributed by atoms with van der Waals surface area (Å²) in [6.07, 6.45) is 1.57. The van der Waals surface area contributed by atoms with Crippen LogP contribution in [0.15, 0.2) is 76.1 Å². The largest absolute Gasteiger partial charge is 0.450 e. The number of carbonyl (C=O) groups is 1. The van der Waals surface area contributed by atoms with Crippen molar-refractivity contribution in [2.45, 2.75) is 13.0 Å². The zero-order chi connectivity index (χ0) is 21.7. The molecule has 8 nitrogen and oxygen atoms in total. The van der Waals surface area contributed by atoms with E-state index in [9.17, 15) is 19.7 Å². The van der Waals surface area contributed by atoms with Crippen LogP contribution in [-0.4, -0.2) is 15.8 Å². The maximum Gasteiger partial charge on any atom is 0.296 e. The van der Waals surface area contributed by atoms with E-state index in [0.717, 1.165) is 5.56 Å². The third kappa shape index (κ3) is 2.88. The number of fused-ring (bicyclic) bond motifs is 2. The average Bonchev–Trinajstić information content (AvgIpc) is 3.07. The van der Waals surface area contributed by atoms with E-state index in [-0.39, 0.29) is 22.4 Å². The molecule has 0 spiro atoms. The number of benzene rings is 2. The Morgan fingerprint density at radius 3 is 2.65 bits per heavy atom. The predicted molar refractivity (Wildman–Crippen MR) is 113 cm³/mol. The molecule has 8 heteroatoms. The molecule has 0 N–H and O–H groups in total. The topological polar surface area (TPSA) is 107 Å². The van der Waals surface area contributed by atoms with Crippen LogP contribution in [0.2, 0.25) is 0 Å². The molecule has 1 amide bonds. The smallest absolute Gasteiger partial charge is 0.296 e. The van der Waals surface area contributed by atoms with Gasteiger partial charge in [0.25, 0.3) is 11.6 Å². The molecule has 5 rings (SSSR count). The van der Waals surface area contributed by atoms with E-state index in [0.29, 0.717) is 22.4 Å². The third-order valence-electron chi connectivity index (χ3n) is 5.32. The van der Waals surface area contributed by atoms with Crippen molar-refractivity contribution in [3.05, 3.63) is 110 Å². The van der Waals surface area contributed by atoms with Crippen molar-refractivity contribution in [2.24, 2.45) is 0 Å². The fourth-order valence-electron chi connectivity index (χ4n) is 3.93. The molecule has 152 valence electrons. The highest BCUT2D eigenvalue weighted by molar-refractivity contribution is 6.10. The number of amides is 1. The van der Waals surface area contributed by atoms with Crippen molar-refractivity contribution < 1.29 is 14.1 Å². The molecule has 2 aromatic carbocycles. The lowest BCUT2D eigenvalue weighted by molar-refractivity contribution is -0.384. The Labute approximate surface area is 175 Å². The van der Waals surface area contributed by atoms with Gasteiger partial charge in [-0.05, 0) is 42.3 Å². The van der Waals surface area contributed by atoms with Crippen LogP contribution in [0.4, 0.5) is 11.5 Å². The van der Waals surface area contributed by atoms with E-state index >= 15 is 0 Å². The predicted octanol–water partition coefficient (Wildman–Crippen LogP) is 4.15. The maximum atomic E-state index is 13.4. The highest BCUT2D eigenvalue weighted by Crippen LogP contribution is 2.41. The molecule has 1 aliphatic heterocycles. The Morgan fingerprint density at radius 1 is 1.06 bits per heavy atom. The Hall–Kier alpha value is -4.33. The standard InChI is InChI=1S/C23H15N3O5/c1-13-9-10-24-18(11-13)25-20(14-5-4-6-15(12-14)26(29)30)19-21(27)16-7-2-3-8-17(16)31-22(19)23(25)28/h2-12,20H,1H3/t20-/m0/s1. The molecular formula is C23H15N3O5. The van der Waals surface area contributed by atoms with Crippen LogP contribution in [0.5, 0.6) is 0 Å². The summed E-state index contributed by atoms with van der Waals surface area (Å²) in [6, 6.07) is 15.2. The lowest BCUT2D eigenvalue weighted by Gasteiger charge is -2.24. The number of nitrogens with zero attached hydrogens (tertiary/aromatic N) is 3. The Balaban J connectivity index is 1.83. The second kappa shape index (κ2) is 6.88. The van der Waals surface area contributed by atoms with Gasteiger partial charge in [-0.1, -0.05) is 24.3 Å². The normalized spacial score (nSPS) is 15.3. The fourth-order valence-corrected chi connectivity index (χ4v) is 3.93. The summed E-state index contributed by atoms with van der Waals surface area (Å²) in [5.41, 5.74) is 1.25. The van der Waals surface area contributed by atoms with Crippen molar-refractivity contribution in [3.63, 3.8) is 0 Å². The molecule has 1 aliphatic rings. The summed E-state index contributed by atoms with van der Waals surface area (Å²) in [5, 5.41) is 11.7. The van der Waals surface area contributed by atoms with Gasteiger partial charge in [0, 0.05) is 18.3 Å². The van der Waals surface area contributed by atoms with Gasteiger partial charge in [-0.3, -0.25) is 24.6 Å². The number of nitro groups is 1. The number of rotatable bonds is 3. The number of non-ortho nitro benzene ring substituents is 1. The summed E-state index contributed by atoms with van der Waals surface area (Å²) in [6.45, 7) is 1.86. The highest BCUT2D eigenvalue weighted by atomic mass is 16.6. The summed E-state index contributed by atoms with van der Waals surface area (Å²) >= 11 is 0. The van der Waals surface area contributed by atoms with Gasteiger partial charge in [0.15, 0.2) is 5.43 Å². The minimum atomic E-state index is -0.905. The minimum Gasteiger partial charge on any atom is -0.450 e. The van der Waals surface area contributed by atoms with Gasteiger partial charge in [-0.2, -0.15) is 0 Å². The molecule has 0 saturated carbocycles. The lowest BCUT2D eigenvalue weighted by Crippen LogP contribution is -2.30. The van der Waals surface area contributed by atoms with Gasteiger partial charge < -0.3 is 4.42 Å². The first-order valence-electron chi connectivity index (χ1n) is 9.52. The Bertz CT molecular complexity index is 1440. The number of aryl methyl sites for hydroxylation is 1. The first-order chi connectivity index (χ1) is 15.0. The zero-order valence-electron chi connectivity index (χ0n) is 16.3. The van der Waals surface area contributed by atoms with Crippen molar-refractivity contribution in [1.29, 1.82) is 0 Å². The minimum absolute atomic E-state index is 0.0801. The van der Waals surface area contributed by atoms with Crippen molar-refractivity contribution >= 4 is 28.4 Å². The molecule has 0 fully saturated rings. The Morgan fingerprint density at radius 2 is 1.87 bits per heavy atom. The quantitative estimate of drug-likeness (QED) is 0.369. The molecule has 1 atom stereocenters.